The first-order chi connectivity index (χ1) is 26.8. The van der Waals surface area contributed by atoms with Gasteiger partial charge in [0.05, 0.1) is 11.0 Å². The third-order valence-electron chi connectivity index (χ3n) is 10.6. The van der Waals surface area contributed by atoms with Gasteiger partial charge in [0, 0.05) is 33.5 Å². The molecule has 0 aliphatic carbocycles. The molecule has 0 saturated heterocycles. The summed E-state index contributed by atoms with van der Waals surface area (Å²) in [5.41, 5.74) is 14.0. The normalized spacial score (nSPS) is 11.3. The van der Waals surface area contributed by atoms with Crippen LogP contribution < -0.4 is 4.90 Å². The first-order valence-corrected chi connectivity index (χ1v) is 18.5. The fourth-order valence-corrected chi connectivity index (χ4v) is 7.86. The van der Waals surface area contributed by atoms with E-state index in [0.29, 0.717) is 0 Å². The standard InChI is InChI=1S/C52H36N2/c1-4-12-37(13-5-1)41-20-26-45(27-21-41)53(46-28-22-42(23-29-46)38-14-6-2-7-15-38)48-31-33-50-49-32-25-44(39-16-8-3-9-17-39)35-51(49)54(52(50)36-48)47-30-24-40-18-10-11-19-43(40)34-47/h1-36H. The largest absolute Gasteiger partial charge is 0.310 e. The number of benzene rings is 9. The van der Waals surface area contributed by atoms with Gasteiger partial charge in [-0.25, -0.2) is 0 Å². The van der Waals surface area contributed by atoms with E-state index in [1.807, 2.05) is 0 Å². The number of fused-ring (bicyclic) bond motifs is 4. The van der Waals surface area contributed by atoms with Crippen LogP contribution in [0.2, 0.25) is 0 Å². The summed E-state index contributed by atoms with van der Waals surface area (Å²) in [7, 11) is 0. The second-order valence-electron chi connectivity index (χ2n) is 13.8. The molecule has 10 rings (SSSR count). The summed E-state index contributed by atoms with van der Waals surface area (Å²) in [6, 6.07) is 78.9. The molecular formula is C52H36N2. The zero-order chi connectivity index (χ0) is 35.8. The van der Waals surface area contributed by atoms with Crippen molar-refractivity contribution in [2.75, 3.05) is 4.90 Å². The highest BCUT2D eigenvalue weighted by molar-refractivity contribution is 6.11. The maximum atomic E-state index is 2.45. The van der Waals surface area contributed by atoms with Gasteiger partial charge in [-0.15, -0.1) is 0 Å². The van der Waals surface area contributed by atoms with Crippen molar-refractivity contribution in [2.45, 2.75) is 0 Å². The minimum Gasteiger partial charge on any atom is -0.310 e. The second-order valence-corrected chi connectivity index (χ2v) is 13.8. The summed E-state index contributed by atoms with van der Waals surface area (Å²) in [6.07, 6.45) is 0. The van der Waals surface area contributed by atoms with Crippen molar-refractivity contribution in [3.8, 4) is 39.1 Å². The Hall–Kier alpha value is -7.16. The van der Waals surface area contributed by atoms with E-state index in [2.05, 4.69) is 228 Å². The van der Waals surface area contributed by atoms with Crippen molar-refractivity contribution >= 4 is 49.6 Å². The predicted octanol–water partition coefficient (Wildman–Crippen LogP) is 14.4. The van der Waals surface area contributed by atoms with Gasteiger partial charge in [-0.3, -0.25) is 0 Å². The Morgan fingerprint density at radius 2 is 0.704 bits per heavy atom. The number of nitrogens with zero attached hydrogens (tertiary/aromatic N) is 2. The molecule has 0 unspecified atom stereocenters. The zero-order valence-electron chi connectivity index (χ0n) is 29.7. The summed E-state index contributed by atoms with van der Waals surface area (Å²) in [6.45, 7) is 0. The van der Waals surface area contributed by atoms with Gasteiger partial charge in [-0.1, -0.05) is 164 Å². The third kappa shape index (κ3) is 5.71. The first-order valence-electron chi connectivity index (χ1n) is 18.5. The second kappa shape index (κ2) is 13.4. The van der Waals surface area contributed by atoms with E-state index < -0.39 is 0 Å². The molecule has 0 saturated carbocycles. The van der Waals surface area contributed by atoms with Gasteiger partial charge in [0.25, 0.3) is 0 Å². The molecule has 0 fully saturated rings. The molecule has 0 atom stereocenters. The molecule has 0 aliphatic heterocycles. The molecule has 2 heteroatoms. The Kier molecular flexibility index (Phi) is 7.85. The highest BCUT2D eigenvalue weighted by Gasteiger charge is 2.19. The Morgan fingerprint density at radius 1 is 0.278 bits per heavy atom. The van der Waals surface area contributed by atoms with E-state index in [1.165, 1.54) is 60.4 Å². The summed E-state index contributed by atoms with van der Waals surface area (Å²) in [5.74, 6) is 0. The van der Waals surface area contributed by atoms with Crippen LogP contribution >= 0.6 is 0 Å². The smallest absolute Gasteiger partial charge is 0.0561 e. The van der Waals surface area contributed by atoms with E-state index in [-0.39, 0.29) is 0 Å². The van der Waals surface area contributed by atoms with Gasteiger partial charge in [0.2, 0.25) is 0 Å². The van der Waals surface area contributed by atoms with Crippen LogP contribution in [0.15, 0.2) is 218 Å². The number of rotatable bonds is 7. The molecule has 1 heterocycles. The predicted molar refractivity (Wildman–Crippen MR) is 229 cm³/mol. The molecular weight excluding hydrogens is 653 g/mol. The average molecular weight is 689 g/mol. The Labute approximate surface area is 315 Å². The average Bonchev–Trinajstić information content (AvgIpc) is 3.58. The number of hydrogen-bond donors (Lipinski definition) is 0. The van der Waals surface area contributed by atoms with Crippen LogP contribution in [0.4, 0.5) is 17.1 Å². The van der Waals surface area contributed by atoms with Crippen LogP contribution in [0.3, 0.4) is 0 Å². The minimum atomic E-state index is 1.09. The number of anilines is 3. The first kappa shape index (κ1) is 31.6. The quantitative estimate of drug-likeness (QED) is 0.162. The molecule has 54 heavy (non-hydrogen) atoms. The highest BCUT2D eigenvalue weighted by Crippen LogP contribution is 2.41. The lowest BCUT2D eigenvalue weighted by Crippen LogP contribution is -2.10. The van der Waals surface area contributed by atoms with Crippen LogP contribution in [-0.4, -0.2) is 4.57 Å². The van der Waals surface area contributed by atoms with Crippen molar-refractivity contribution in [1.82, 2.24) is 4.57 Å². The van der Waals surface area contributed by atoms with Crippen LogP contribution in [0.1, 0.15) is 0 Å². The van der Waals surface area contributed by atoms with Crippen LogP contribution in [0, 0.1) is 0 Å². The van der Waals surface area contributed by atoms with Crippen LogP contribution in [-0.2, 0) is 0 Å². The van der Waals surface area contributed by atoms with Crippen molar-refractivity contribution in [3.05, 3.63) is 218 Å². The lowest BCUT2D eigenvalue weighted by Gasteiger charge is -2.26. The summed E-state index contributed by atoms with van der Waals surface area (Å²) >= 11 is 0. The molecule has 10 aromatic rings. The lowest BCUT2D eigenvalue weighted by molar-refractivity contribution is 1.18. The Morgan fingerprint density at radius 3 is 1.28 bits per heavy atom. The SMILES string of the molecule is c1ccc(-c2ccc(N(c3ccc(-c4ccccc4)cc3)c3ccc4c5ccc(-c6ccccc6)cc5n(-c5ccc6ccccc6c5)c4c3)cc2)cc1. The summed E-state index contributed by atoms with van der Waals surface area (Å²) < 4.78 is 2.45. The molecule has 9 aromatic carbocycles. The van der Waals surface area contributed by atoms with Crippen molar-refractivity contribution < 1.29 is 0 Å². The van der Waals surface area contributed by atoms with Gasteiger partial charge >= 0.3 is 0 Å². The Bertz CT molecular complexity index is 2810. The monoisotopic (exact) mass is 688 g/mol. The summed E-state index contributed by atoms with van der Waals surface area (Å²) in [4.78, 5) is 2.38. The van der Waals surface area contributed by atoms with E-state index in [9.17, 15) is 0 Å². The fourth-order valence-electron chi connectivity index (χ4n) is 7.86. The number of aromatic nitrogens is 1. The molecule has 0 N–H and O–H groups in total. The van der Waals surface area contributed by atoms with Gasteiger partial charge in [-0.2, -0.15) is 0 Å². The molecule has 2 nitrogen and oxygen atoms in total. The van der Waals surface area contributed by atoms with Gasteiger partial charge < -0.3 is 9.47 Å². The highest BCUT2D eigenvalue weighted by atomic mass is 15.1. The van der Waals surface area contributed by atoms with Crippen LogP contribution in [0.5, 0.6) is 0 Å². The van der Waals surface area contributed by atoms with Crippen molar-refractivity contribution in [3.63, 3.8) is 0 Å². The van der Waals surface area contributed by atoms with Crippen LogP contribution in [0.25, 0.3) is 71.6 Å². The van der Waals surface area contributed by atoms with Crippen molar-refractivity contribution in [1.29, 1.82) is 0 Å². The maximum Gasteiger partial charge on any atom is 0.0561 e. The molecule has 0 spiro atoms. The van der Waals surface area contributed by atoms with E-state index in [4.69, 9.17) is 0 Å². The van der Waals surface area contributed by atoms with E-state index in [0.717, 1.165) is 28.3 Å². The van der Waals surface area contributed by atoms with E-state index in [1.54, 1.807) is 0 Å². The van der Waals surface area contributed by atoms with Gasteiger partial charge in [0.15, 0.2) is 0 Å². The van der Waals surface area contributed by atoms with Gasteiger partial charge in [0.1, 0.15) is 0 Å². The molecule has 0 aliphatic rings. The maximum absolute atomic E-state index is 2.45. The molecule has 1 aromatic heterocycles. The zero-order valence-corrected chi connectivity index (χ0v) is 29.7. The van der Waals surface area contributed by atoms with Crippen molar-refractivity contribution in [2.24, 2.45) is 0 Å². The number of hydrogen-bond acceptors (Lipinski definition) is 1. The van der Waals surface area contributed by atoms with Gasteiger partial charge in [-0.05, 0) is 98.8 Å². The summed E-state index contributed by atoms with van der Waals surface area (Å²) in [5, 5.41) is 4.91. The fraction of sp³-hybridized carbons (Fsp3) is 0. The van der Waals surface area contributed by atoms with E-state index >= 15 is 0 Å². The molecule has 0 radical (unpaired) electrons. The minimum absolute atomic E-state index is 1.09. The molecule has 254 valence electrons. The topological polar surface area (TPSA) is 8.17 Å². The lowest BCUT2D eigenvalue weighted by atomic mass is 10.0. The third-order valence-corrected chi connectivity index (χ3v) is 10.6. The molecule has 0 amide bonds. The Balaban J connectivity index is 1.18. The molecule has 0 bridgehead atoms.